The fraction of sp³-hybridized carbons (Fsp3) is 0.667. The number of pyridine rings is 1. The highest BCUT2D eigenvalue weighted by Crippen LogP contribution is 2.28. The largest absolute Gasteiger partial charge is 0.379 e. The minimum absolute atomic E-state index is 0.522. The van der Waals surface area contributed by atoms with Crippen LogP contribution in [0, 0.1) is 5.92 Å². The number of rotatable bonds is 3. The van der Waals surface area contributed by atoms with Crippen LogP contribution in [0.3, 0.4) is 0 Å². The third-order valence-corrected chi connectivity index (χ3v) is 4.23. The smallest absolute Gasteiger partial charge is 0.0766 e. The summed E-state index contributed by atoms with van der Waals surface area (Å²) in [6, 6.07) is 3.22. The lowest BCUT2D eigenvalue weighted by Gasteiger charge is -2.40. The van der Waals surface area contributed by atoms with E-state index in [1.807, 2.05) is 12.4 Å². The topological polar surface area (TPSA) is 31.4 Å². The van der Waals surface area contributed by atoms with Crippen molar-refractivity contribution in [3.8, 4) is 0 Å². The predicted molar refractivity (Wildman–Crippen MR) is 81.8 cm³/mol. The van der Waals surface area contributed by atoms with Crippen molar-refractivity contribution in [1.82, 2.24) is 9.88 Å². The van der Waals surface area contributed by atoms with Gasteiger partial charge in [-0.05, 0) is 32.4 Å². The summed E-state index contributed by atoms with van der Waals surface area (Å²) in [7, 11) is 6.36. The molecule has 0 amide bonds. The Balaban J connectivity index is 2.13. The van der Waals surface area contributed by atoms with Gasteiger partial charge in [0.2, 0.25) is 0 Å². The van der Waals surface area contributed by atoms with E-state index < -0.39 is 0 Å². The Hall–Kier alpha value is -1.29. The van der Waals surface area contributed by atoms with Gasteiger partial charge in [-0.15, -0.1) is 0 Å². The molecule has 0 spiro atoms. The molecule has 106 valence electrons. The number of hydrogen-bond donors (Lipinski definition) is 1. The normalized spacial score (nSPS) is 28.2. The SMILES string of the molecule is CC1CN(C)C(C)CC1Nc1cnccc1N(C)C. The second-order valence-corrected chi connectivity index (χ2v) is 6.04. The molecule has 3 unspecified atom stereocenters. The van der Waals surface area contributed by atoms with Gasteiger partial charge in [-0.25, -0.2) is 0 Å². The first-order chi connectivity index (χ1) is 8.99. The maximum absolute atomic E-state index is 4.25. The van der Waals surface area contributed by atoms with E-state index in [1.165, 1.54) is 12.1 Å². The standard InChI is InChI=1S/C15H26N4/c1-11-10-19(5)12(2)8-13(11)17-14-9-16-7-6-15(14)18(3)4/h6-7,9,11-13,17H,8,10H2,1-5H3. The first-order valence-corrected chi connectivity index (χ1v) is 7.07. The minimum Gasteiger partial charge on any atom is -0.379 e. The van der Waals surface area contributed by atoms with Crippen molar-refractivity contribution < 1.29 is 0 Å². The number of piperidine rings is 1. The van der Waals surface area contributed by atoms with Crippen molar-refractivity contribution in [1.29, 1.82) is 0 Å². The molecule has 1 aliphatic rings. The van der Waals surface area contributed by atoms with Crippen molar-refractivity contribution in [2.45, 2.75) is 32.4 Å². The highest BCUT2D eigenvalue weighted by Gasteiger charge is 2.29. The zero-order chi connectivity index (χ0) is 14.0. The molecular weight excluding hydrogens is 236 g/mol. The second kappa shape index (κ2) is 5.78. The van der Waals surface area contributed by atoms with E-state index in [1.54, 1.807) is 0 Å². The van der Waals surface area contributed by atoms with Crippen LogP contribution < -0.4 is 10.2 Å². The predicted octanol–water partition coefficient (Wildman–Crippen LogP) is 2.29. The highest BCUT2D eigenvalue weighted by atomic mass is 15.2. The lowest BCUT2D eigenvalue weighted by atomic mass is 9.89. The lowest BCUT2D eigenvalue weighted by Crippen LogP contribution is -2.48. The summed E-state index contributed by atoms with van der Waals surface area (Å²) in [6.45, 7) is 5.78. The summed E-state index contributed by atoms with van der Waals surface area (Å²) in [5.41, 5.74) is 2.34. The molecule has 1 saturated heterocycles. The average molecular weight is 262 g/mol. The van der Waals surface area contributed by atoms with Gasteiger partial charge in [-0.3, -0.25) is 4.98 Å². The van der Waals surface area contributed by atoms with Crippen molar-refractivity contribution in [2.75, 3.05) is 37.9 Å². The summed E-state index contributed by atoms with van der Waals surface area (Å²) in [5, 5.41) is 3.70. The molecule has 0 aromatic carbocycles. The van der Waals surface area contributed by atoms with Crippen LogP contribution in [0.25, 0.3) is 0 Å². The molecule has 0 radical (unpaired) electrons. The van der Waals surface area contributed by atoms with Crippen molar-refractivity contribution in [3.05, 3.63) is 18.5 Å². The zero-order valence-electron chi connectivity index (χ0n) is 12.7. The summed E-state index contributed by atoms with van der Waals surface area (Å²) in [5.74, 6) is 0.649. The molecule has 1 aliphatic heterocycles. The van der Waals surface area contributed by atoms with Crippen LogP contribution >= 0.6 is 0 Å². The van der Waals surface area contributed by atoms with E-state index >= 15 is 0 Å². The molecule has 0 aliphatic carbocycles. The summed E-state index contributed by atoms with van der Waals surface area (Å²) < 4.78 is 0. The van der Waals surface area contributed by atoms with Gasteiger partial charge in [-0.1, -0.05) is 6.92 Å². The number of anilines is 2. The molecule has 1 N–H and O–H groups in total. The molecule has 4 nitrogen and oxygen atoms in total. The third kappa shape index (κ3) is 3.18. The molecule has 0 saturated carbocycles. The summed E-state index contributed by atoms with van der Waals surface area (Å²) in [4.78, 5) is 8.83. The van der Waals surface area contributed by atoms with Crippen molar-refractivity contribution in [2.24, 2.45) is 5.92 Å². The quantitative estimate of drug-likeness (QED) is 0.905. The Kier molecular flexibility index (Phi) is 4.30. The van der Waals surface area contributed by atoms with Crippen LogP contribution in [0.4, 0.5) is 11.4 Å². The Morgan fingerprint density at radius 1 is 1.37 bits per heavy atom. The van der Waals surface area contributed by atoms with Crippen LogP contribution in [-0.4, -0.2) is 49.7 Å². The number of likely N-dealkylation sites (tertiary alicyclic amines) is 1. The first kappa shape index (κ1) is 14.1. The van der Waals surface area contributed by atoms with Gasteiger partial charge in [0, 0.05) is 38.9 Å². The van der Waals surface area contributed by atoms with Gasteiger partial charge >= 0.3 is 0 Å². The molecule has 2 heterocycles. The van der Waals surface area contributed by atoms with E-state index in [-0.39, 0.29) is 0 Å². The van der Waals surface area contributed by atoms with Gasteiger partial charge in [0.25, 0.3) is 0 Å². The maximum Gasteiger partial charge on any atom is 0.0766 e. The third-order valence-electron chi connectivity index (χ3n) is 4.23. The van der Waals surface area contributed by atoms with Gasteiger partial charge in [0.1, 0.15) is 0 Å². The molecule has 1 aromatic heterocycles. The van der Waals surface area contributed by atoms with E-state index in [2.05, 4.69) is 61.2 Å². The Morgan fingerprint density at radius 2 is 2.11 bits per heavy atom. The highest BCUT2D eigenvalue weighted by molar-refractivity contribution is 5.68. The molecule has 1 fully saturated rings. The van der Waals surface area contributed by atoms with Crippen LogP contribution in [0.1, 0.15) is 20.3 Å². The van der Waals surface area contributed by atoms with Gasteiger partial charge < -0.3 is 15.1 Å². The van der Waals surface area contributed by atoms with Crippen LogP contribution in [0.15, 0.2) is 18.5 Å². The molecule has 1 aromatic rings. The number of nitrogens with zero attached hydrogens (tertiary/aromatic N) is 3. The summed E-state index contributed by atoms with van der Waals surface area (Å²) >= 11 is 0. The Bertz CT molecular complexity index is 418. The van der Waals surface area contributed by atoms with Gasteiger partial charge in [0.15, 0.2) is 0 Å². The first-order valence-electron chi connectivity index (χ1n) is 7.07. The molecule has 0 bridgehead atoms. The van der Waals surface area contributed by atoms with Crippen LogP contribution in [0.2, 0.25) is 0 Å². The monoisotopic (exact) mass is 262 g/mol. The van der Waals surface area contributed by atoms with Crippen LogP contribution in [-0.2, 0) is 0 Å². The molecule has 3 atom stereocenters. The second-order valence-electron chi connectivity index (χ2n) is 6.04. The van der Waals surface area contributed by atoms with Gasteiger partial charge in [0.05, 0.1) is 17.6 Å². The van der Waals surface area contributed by atoms with E-state index in [4.69, 9.17) is 0 Å². The fourth-order valence-corrected chi connectivity index (χ4v) is 2.83. The number of hydrogen-bond acceptors (Lipinski definition) is 4. The lowest BCUT2D eigenvalue weighted by molar-refractivity contribution is 0.145. The Labute approximate surface area is 116 Å². The molecule has 2 rings (SSSR count). The molecule has 19 heavy (non-hydrogen) atoms. The van der Waals surface area contributed by atoms with E-state index in [0.717, 1.165) is 12.2 Å². The minimum atomic E-state index is 0.522. The van der Waals surface area contributed by atoms with Crippen LogP contribution in [0.5, 0.6) is 0 Å². The average Bonchev–Trinajstić information content (AvgIpc) is 2.36. The molecule has 4 heteroatoms. The number of nitrogens with one attached hydrogen (secondary N) is 1. The fourth-order valence-electron chi connectivity index (χ4n) is 2.83. The van der Waals surface area contributed by atoms with E-state index in [9.17, 15) is 0 Å². The maximum atomic E-state index is 4.25. The van der Waals surface area contributed by atoms with Gasteiger partial charge in [-0.2, -0.15) is 0 Å². The Morgan fingerprint density at radius 3 is 2.79 bits per heavy atom. The molecular formula is C15H26N4. The van der Waals surface area contributed by atoms with Crippen molar-refractivity contribution in [3.63, 3.8) is 0 Å². The number of aromatic nitrogens is 1. The van der Waals surface area contributed by atoms with E-state index in [0.29, 0.717) is 18.0 Å². The van der Waals surface area contributed by atoms with Crippen molar-refractivity contribution >= 4 is 11.4 Å². The summed E-state index contributed by atoms with van der Waals surface area (Å²) in [6.07, 6.45) is 4.96. The zero-order valence-corrected chi connectivity index (χ0v) is 12.7.